The van der Waals surface area contributed by atoms with E-state index < -0.39 is 17.0 Å². The van der Waals surface area contributed by atoms with Crippen LogP contribution in [-0.2, 0) is 9.47 Å². The average Bonchev–Trinajstić information content (AvgIpc) is 2.73. The molecule has 32 heavy (non-hydrogen) atoms. The molecule has 3 rings (SSSR count). The van der Waals surface area contributed by atoms with Gasteiger partial charge in [-0.1, -0.05) is 11.6 Å². The molecule has 0 spiro atoms. The molecule has 2 heterocycles. The molecule has 0 aliphatic carbocycles. The Labute approximate surface area is 192 Å². The van der Waals surface area contributed by atoms with Crippen molar-refractivity contribution < 1.29 is 24.1 Å². The summed E-state index contributed by atoms with van der Waals surface area (Å²) in [4.78, 5) is 24.3. The number of benzene rings is 1. The average molecular weight is 464 g/mol. The van der Waals surface area contributed by atoms with Crippen molar-refractivity contribution in [2.75, 3.05) is 26.9 Å². The van der Waals surface area contributed by atoms with Crippen LogP contribution in [0.4, 0.5) is 0 Å². The summed E-state index contributed by atoms with van der Waals surface area (Å²) in [6.07, 6.45) is 3.82. The number of ether oxygens (including phenoxy) is 3. The number of hydrogen-bond acceptors (Lipinski definition) is 5. The molecule has 0 amide bonds. The highest BCUT2D eigenvalue weighted by molar-refractivity contribution is 6.32. The summed E-state index contributed by atoms with van der Waals surface area (Å²) in [5.41, 5.74) is 0.871. The van der Waals surface area contributed by atoms with Crippen molar-refractivity contribution >= 4 is 17.6 Å². The van der Waals surface area contributed by atoms with Crippen LogP contribution in [0.5, 0.6) is 5.75 Å². The summed E-state index contributed by atoms with van der Waals surface area (Å²) in [6, 6.07) is 4.84. The Morgan fingerprint density at radius 1 is 1.31 bits per heavy atom. The molecule has 1 saturated heterocycles. The minimum Gasteiger partial charge on any atom is -0.492 e. The Morgan fingerprint density at radius 3 is 2.72 bits per heavy atom. The van der Waals surface area contributed by atoms with Crippen molar-refractivity contribution in [2.45, 2.75) is 51.7 Å². The van der Waals surface area contributed by atoms with Crippen molar-refractivity contribution in [1.29, 1.82) is 0 Å². The molecule has 8 heteroatoms. The molecule has 7 nitrogen and oxygen atoms in total. The Balaban J connectivity index is 2.10. The highest BCUT2D eigenvalue weighted by atomic mass is 35.5. The van der Waals surface area contributed by atoms with Gasteiger partial charge in [-0.25, -0.2) is 4.79 Å². The highest BCUT2D eigenvalue weighted by Crippen LogP contribution is 2.39. The lowest BCUT2D eigenvalue weighted by Crippen LogP contribution is -2.41. The first-order valence-corrected chi connectivity index (χ1v) is 11.1. The van der Waals surface area contributed by atoms with Gasteiger partial charge >= 0.3 is 5.97 Å². The van der Waals surface area contributed by atoms with E-state index >= 15 is 0 Å². The van der Waals surface area contributed by atoms with Crippen molar-refractivity contribution in [1.82, 2.24) is 4.57 Å². The maximum atomic E-state index is 12.6. The van der Waals surface area contributed by atoms with Crippen molar-refractivity contribution in [3.63, 3.8) is 0 Å². The number of hydrogen-bond donors (Lipinski definition) is 1. The van der Waals surface area contributed by atoms with E-state index in [4.69, 9.17) is 25.8 Å². The highest BCUT2D eigenvalue weighted by Gasteiger charge is 2.36. The molecular formula is C24H30ClNO6. The molecule has 1 aliphatic heterocycles. The van der Waals surface area contributed by atoms with Gasteiger partial charge in [-0.15, -0.1) is 0 Å². The van der Waals surface area contributed by atoms with Gasteiger partial charge in [0.05, 0.1) is 29.0 Å². The quantitative estimate of drug-likeness (QED) is 0.570. The Hall–Kier alpha value is -2.35. The number of pyridine rings is 1. The van der Waals surface area contributed by atoms with Crippen LogP contribution in [0.3, 0.4) is 0 Å². The fraction of sp³-hybridized carbons (Fsp3) is 0.500. The summed E-state index contributed by atoms with van der Waals surface area (Å²) < 4.78 is 18.7. The first-order valence-electron chi connectivity index (χ1n) is 10.7. The predicted molar refractivity (Wildman–Crippen MR) is 123 cm³/mol. The lowest BCUT2D eigenvalue weighted by atomic mass is 9.90. The van der Waals surface area contributed by atoms with Gasteiger partial charge in [0.15, 0.2) is 5.43 Å². The smallest absolute Gasteiger partial charge is 0.341 e. The second-order valence-corrected chi connectivity index (χ2v) is 8.96. The van der Waals surface area contributed by atoms with E-state index in [0.717, 1.165) is 30.4 Å². The zero-order chi connectivity index (χ0) is 23.5. The SMILES string of the molecule is COCCCOc1cc(C)c(-c2cc(=O)c(C(=O)O)cn2[C@H]2CCCOC2(C)C)cc1Cl. The minimum atomic E-state index is -1.25. The first-order chi connectivity index (χ1) is 15.2. The maximum absolute atomic E-state index is 12.6. The van der Waals surface area contributed by atoms with Crippen LogP contribution in [0.25, 0.3) is 11.3 Å². The molecular weight excluding hydrogens is 434 g/mol. The van der Waals surface area contributed by atoms with E-state index in [1.165, 1.54) is 12.3 Å². The molecule has 1 N–H and O–H groups in total. The van der Waals surface area contributed by atoms with Gasteiger partial charge in [0, 0.05) is 44.6 Å². The van der Waals surface area contributed by atoms with Crippen LogP contribution in [0.15, 0.2) is 29.2 Å². The van der Waals surface area contributed by atoms with E-state index in [1.54, 1.807) is 13.2 Å². The Bertz CT molecular complexity index is 1050. The van der Waals surface area contributed by atoms with Gasteiger partial charge in [0.25, 0.3) is 0 Å². The van der Waals surface area contributed by atoms with Gasteiger partial charge in [0.2, 0.25) is 0 Å². The number of rotatable bonds is 8. The lowest BCUT2D eigenvalue weighted by molar-refractivity contribution is -0.0869. The van der Waals surface area contributed by atoms with Crippen LogP contribution in [0.2, 0.25) is 5.02 Å². The molecule has 0 saturated carbocycles. The molecule has 1 aromatic carbocycles. The molecule has 1 fully saturated rings. The van der Waals surface area contributed by atoms with Crippen molar-refractivity contribution in [3.8, 4) is 17.0 Å². The summed E-state index contributed by atoms with van der Waals surface area (Å²) in [5, 5.41) is 9.96. The van der Waals surface area contributed by atoms with Gasteiger partial charge in [-0.2, -0.15) is 0 Å². The van der Waals surface area contributed by atoms with Crippen molar-refractivity contribution in [3.05, 3.63) is 50.8 Å². The number of aromatic carboxylic acids is 1. The monoisotopic (exact) mass is 463 g/mol. The van der Waals surface area contributed by atoms with E-state index in [2.05, 4.69) is 0 Å². The Kier molecular flexibility index (Phi) is 7.64. The number of aromatic nitrogens is 1. The fourth-order valence-electron chi connectivity index (χ4n) is 4.14. The molecule has 1 aliphatic rings. The van der Waals surface area contributed by atoms with Gasteiger partial charge < -0.3 is 23.9 Å². The van der Waals surface area contributed by atoms with Crippen LogP contribution < -0.4 is 10.2 Å². The summed E-state index contributed by atoms with van der Waals surface area (Å²) in [7, 11) is 1.64. The summed E-state index contributed by atoms with van der Waals surface area (Å²) >= 11 is 6.52. The lowest BCUT2D eigenvalue weighted by Gasteiger charge is -2.41. The van der Waals surface area contributed by atoms with E-state index in [0.29, 0.717) is 36.3 Å². The Morgan fingerprint density at radius 2 is 2.06 bits per heavy atom. The third-order valence-electron chi connectivity index (χ3n) is 5.85. The summed E-state index contributed by atoms with van der Waals surface area (Å²) in [5.74, 6) is -0.694. The topological polar surface area (TPSA) is 87.0 Å². The van der Waals surface area contributed by atoms with E-state index in [1.807, 2.05) is 31.4 Å². The normalized spacial score (nSPS) is 17.8. The molecule has 1 atom stereocenters. The molecule has 2 aromatic rings. The van der Waals surface area contributed by atoms with Gasteiger partial charge in [-0.05, 0) is 51.3 Å². The van der Waals surface area contributed by atoms with E-state index in [9.17, 15) is 14.7 Å². The number of halogens is 1. The largest absolute Gasteiger partial charge is 0.492 e. The second-order valence-electron chi connectivity index (χ2n) is 8.55. The predicted octanol–water partition coefficient (Wildman–Crippen LogP) is 4.72. The second kappa shape index (κ2) is 10.1. The molecule has 0 radical (unpaired) electrons. The van der Waals surface area contributed by atoms with Crippen LogP contribution in [0.1, 0.15) is 55.1 Å². The van der Waals surface area contributed by atoms with Gasteiger partial charge in [-0.3, -0.25) is 4.79 Å². The molecule has 174 valence electrons. The fourth-order valence-corrected chi connectivity index (χ4v) is 4.36. The number of nitrogens with zero attached hydrogens (tertiary/aromatic N) is 1. The minimum absolute atomic E-state index is 0.145. The zero-order valence-electron chi connectivity index (χ0n) is 18.9. The molecule has 1 aromatic heterocycles. The van der Waals surface area contributed by atoms with Gasteiger partial charge in [0.1, 0.15) is 11.3 Å². The zero-order valence-corrected chi connectivity index (χ0v) is 19.7. The number of aryl methyl sites for hydroxylation is 1. The van der Waals surface area contributed by atoms with Crippen molar-refractivity contribution in [2.24, 2.45) is 0 Å². The maximum Gasteiger partial charge on any atom is 0.341 e. The number of carboxylic acids is 1. The van der Waals surface area contributed by atoms with Crippen LogP contribution in [-0.4, -0.2) is 48.2 Å². The number of methoxy groups -OCH3 is 1. The molecule has 0 bridgehead atoms. The number of carboxylic acid groups (broad SMARTS) is 1. The third-order valence-corrected chi connectivity index (χ3v) is 6.14. The standard InChI is InChI=1S/C24H30ClNO6/c1-15-11-21(31-9-6-8-30-4)18(25)12-16(15)19-13-20(27)17(23(28)29)14-26(19)22-7-5-10-32-24(22,2)3/h11-14,22H,5-10H2,1-4H3,(H,28,29)/t22-/m0/s1. The first kappa shape index (κ1) is 24.3. The third kappa shape index (κ3) is 5.17. The van der Waals surface area contributed by atoms with Crippen LogP contribution in [0, 0.1) is 6.92 Å². The molecule has 0 unspecified atom stereocenters. The summed E-state index contributed by atoms with van der Waals surface area (Å²) in [6.45, 7) is 7.58. The van der Waals surface area contributed by atoms with Crippen LogP contribution >= 0.6 is 11.6 Å². The number of carbonyl (C=O) groups is 1. The van der Waals surface area contributed by atoms with E-state index in [-0.39, 0.29) is 11.6 Å².